The predicted octanol–water partition coefficient (Wildman–Crippen LogP) is 2.78. The number of carbonyl (C=O) groups excluding carboxylic acids is 2. The van der Waals surface area contributed by atoms with Crippen molar-refractivity contribution in [2.24, 2.45) is 0 Å². The summed E-state index contributed by atoms with van der Waals surface area (Å²) >= 11 is 0. The average molecular weight is 356 g/mol. The van der Waals surface area contributed by atoms with E-state index in [9.17, 15) is 9.59 Å². The van der Waals surface area contributed by atoms with E-state index in [2.05, 4.69) is 5.32 Å². The molecule has 2 heterocycles. The van der Waals surface area contributed by atoms with Gasteiger partial charge in [-0.05, 0) is 44.9 Å². The fourth-order valence-electron chi connectivity index (χ4n) is 3.11. The zero-order valence-corrected chi connectivity index (χ0v) is 15.1. The van der Waals surface area contributed by atoms with Gasteiger partial charge in [-0.1, -0.05) is 18.2 Å². The number of rotatable bonds is 5. The minimum absolute atomic E-state index is 0.0273. The van der Waals surface area contributed by atoms with Gasteiger partial charge in [-0.2, -0.15) is 0 Å². The Balaban J connectivity index is 1.48. The van der Waals surface area contributed by atoms with Crippen molar-refractivity contribution in [2.75, 3.05) is 13.1 Å². The second kappa shape index (κ2) is 8.08. The lowest BCUT2D eigenvalue weighted by atomic mass is 10.0. The molecule has 0 saturated carbocycles. The summed E-state index contributed by atoms with van der Waals surface area (Å²) in [5.41, 5.74) is 0.821. The lowest BCUT2D eigenvalue weighted by molar-refractivity contribution is -0.139. The van der Waals surface area contributed by atoms with Crippen molar-refractivity contribution in [3.8, 4) is 5.75 Å². The topological polar surface area (TPSA) is 71.8 Å². The van der Waals surface area contributed by atoms with Crippen LogP contribution < -0.4 is 10.1 Å². The predicted molar refractivity (Wildman–Crippen MR) is 97.0 cm³/mol. The molecular weight excluding hydrogens is 332 g/mol. The Morgan fingerprint density at radius 3 is 2.50 bits per heavy atom. The number of piperidine rings is 1. The van der Waals surface area contributed by atoms with Crippen molar-refractivity contribution >= 4 is 11.8 Å². The Morgan fingerprint density at radius 2 is 1.88 bits per heavy atom. The minimum atomic E-state index is -0.533. The van der Waals surface area contributed by atoms with Crippen LogP contribution in [0.1, 0.15) is 35.9 Å². The summed E-state index contributed by atoms with van der Waals surface area (Å²) in [4.78, 5) is 26.6. The largest absolute Gasteiger partial charge is 0.481 e. The maximum Gasteiger partial charge on any atom is 0.287 e. The van der Waals surface area contributed by atoms with Crippen molar-refractivity contribution in [1.29, 1.82) is 0 Å². The number of likely N-dealkylation sites (tertiary alicyclic amines) is 1. The maximum absolute atomic E-state index is 12.6. The zero-order valence-electron chi connectivity index (χ0n) is 15.1. The second-order valence-corrected chi connectivity index (χ2v) is 6.58. The molecule has 1 aromatic carbocycles. The van der Waals surface area contributed by atoms with Crippen LogP contribution in [0, 0.1) is 6.92 Å². The quantitative estimate of drug-likeness (QED) is 0.894. The van der Waals surface area contributed by atoms with Crippen LogP contribution in [0.25, 0.3) is 0 Å². The lowest BCUT2D eigenvalue weighted by Crippen LogP contribution is -2.49. The number of hydrogen-bond donors (Lipinski definition) is 1. The highest BCUT2D eigenvalue weighted by Crippen LogP contribution is 2.16. The Morgan fingerprint density at radius 1 is 1.19 bits per heavy atom. The molecule has 1 aliphatic heterocycles. The van der Waals surface area contributed by atoms with Gasteiger partial charge in [0.05, 0.1) is 6.26 Å². The molecular formula is C20H24N2O4. The first-order chi connectivity index (χ1) is 12.5. The van der Waals surface area contributed by atoms with Crippen molar-refractivity contribution in [3.05, 3.63) is 54.0 Å². The Hall–Kier alpha value is -2.76. The molecule has 6 nitrogen and oxygen atoms in total. The number of benzene rings is 1. The van der Waals surface area contributed by atoms with Gasteiger partial charge in [0, 0.05) is 24.7 Å². The highest BCUT2D eigenvalue weighted by atomic mass is 16.5. The molecule has 1 unspecified atom stereocenters. The van der Waals surface area contributed by atoms with E-state index in [0.717, 1.165) is 18.4 Å². The van der Waals surface area contributed by atoms with Gasteiger partial charge in [-0.15, -0.1) is 0 Å². The molecule has 0 spiro atoms. The molecule has 1 aliphatic rings. The van der Waals surface area contributed by atoms with Gasteiger partial charge in [-0.25, -0.2) is 0 Å². The van der Waals surface area contributed by atoms with E-state index in [1.54, 1.807) is 17.9 Å². The Labute approximate surface area is 153 Å². The zero-order chi connectivity index (χ0) is 18.5. The van der Waals surface area contributed by atoms with E-state index in [0.29, 0.717) is 24.6 Å². The van der Waals surface area contributed by atoms with E-state index in [1.807, 2.05) is 37.3 Å². The first-order valence-corrected chi connectivity index (χ1v) is 8.90. The number of furan rings is 1. The third kappa shape index (κ3) is 4.25. The molecule has 6 heteroatoms. The first-order valence-electron chi connectivity index (χ1n) is 8.90. The van der Waals surface area contributed by atoms with E-state index >= 15 is 0 Å². The Bertz CT molecular complexity index is 748. The van der Waals surface area contributed by atoms with Gasteiger partial charge in [0.2, 0.25) is 0 Å². The van der Waals surface area contributed by atoms with Crippen LogP contribution in [0.3, 0.4) is 0 Å². The normalized spacial score (nSPS) is 16.2. The van der Waals surface area contributed by atoms with E-state index in [4.69, 9.17) is 9.15 Å². The van der Waals surface area contributed by atoms with Crippen LogP contribution in [0.15, 0.2) is 47.1 Å². The summed E-state index contributed by atoms with van der Waals surface area (Å²) in [5.74, 6) is 0.816. The molecule has 2 aromatic rings. The van der Waals surface area contributed by atoms with Crippen molar-refractivity contribution in [2.45, 2.75) is 38.8 Å². The van der Waals surface area contributed by atoms with E-state index < -0.39 is 6.10 Å². The minimum Gasteiger partial charge on any atom is -0.481 e. The third-order valence-electron chi connectivity index (χ3n) is 4.61. The fraction of sp³-hybridized carbons (Fsp3) is 0.400. The lowest BCUT2D eigenvalue weighted by Gasteiger charge is -2.33. The van der Waals surface area contributed by atoms with Gasteiger partial charge in [0.25, 0.3) is 11.8 Å². The molecule has 3 rings (SSSR count). The number of para-hydroxylation sites is 1. The van der Waals surface area contributed by atoms with Crippen LogP contribution in [0.2, 0.25) is 0 Å². The number of nitrogens with one attached hydrogen (secondary N) is 1. The molecule has 0 bridgehead atoms. The van der Waals surface area contributed by atoms with Gasteiger partial charge in [-0.3, -0.25) is 9.59 Å². The summed E-state index contributed by atoms with van der Waals surface area (Å²) < 4.78 is 10.9. The molecule has 1 N–H and O–H groups in total. The van der Waals surface area contributed by atoms with E-state index in [-0.39, 0.29) is 17.9 Å². The molecule has 1 fully saturated rings. The van der Waals surface area contributed by atoms with Crippen LogP contribution in [-0.2, 0) is 4.79 Å². The van der Waals surface area contributed by atoms with Crippen molar-refractivity contribution in [3.63, 3.8) is 0 Å². The number of nitrogens with zero attached hydrogens (tertiary/aromatic N) is 1. The molecule has 1 atom stereocenters. The third-order valence-corrected chi connectivity index (χ3v) is 4.61. The summed E-state index contributed by atoms with van der Waals surface area (Å²) in [6.45, 7) is 4.81. The van der Waals surface area contributed by atoms with Gasteiger partial charge >= 0.3 is 0 Å². The second-order valence-electron chi connectivity index (χ2n) is 6.58. The molecule has 0 radical (unpaired) electrons. The first kappa shape index (κ1) is 18.0. The SMILES string of the molecule is Cc1ccoc1C(=O)NC1CCN(C(=O)C(C)Oc2ccccc2)CC1. The maximum atomic E-state index is 12.6. The number of aryl methyl sites for hydroxylation is 1. The smallest absolute Gasteiger partial charge is 0.287 e. The van der Waals surface area contributed by atoms with Gasteiger partial charge < -0.3 is 19.4 Å². The molecule has 26 heavy (non-hydrogen) atoms. The van der Waals surface area contributed by atoms with E-state index in [1.165, 1.54) is 6.26 Å². The number of carbonyl (C=O) groups is 2. The van der Waals surface area contributed by atoms with Crippen molar-refractivity contribution < 1.29 is 18.7 Å². The average Bonchev–Trinajstić information content (AvgIpc) is 3.08. The molecule has 1 aromatic heterocycles. The Kier molecular flexibility index (Phi) is 5.61. The van der Waals surface area contributed by atoms with Crippen molar-refractivity contribution in [1.82, 2.24) is 10.2 Å². The van der Waals surface area contributed by atoms with Gasteiger partial charge in [0.1, 0.15) is 5.75 Å². The number of ether oxygens (including phenoxy) is 1. The van der Waals surface area contributed by atoms with Crippen LogP contribution in [0.4, 0.5) is 0 Å². The van der Waals surface area contributed by atoms with Crippen LogP contribution in [0.5, 0.6) is 5.75 Å². The van der Waals surface area contributed by atoms with Crippen LogP contribution >= 0.6 is 0 Å². The summed E-state index contributed by atoms with van der Waals surface area (Å²) in [6, 6.07) is 11.1. The highest BCUT2D eigenvalue weighted by Gasteiger charge is 2.28. The van der Waals surface area contributed by atoms with Crippen LogP contribution in [-0.4, -0.2) is 41.9 Å². The number of hydrogen-bond acceptors (Lipinski definition) is 4. The summed E-state index contributed by atoms with van der Waals surface area (Å²) in [6.07, 6.45) is 2.42. The fourth-order valence-corrected chi connectivity index (χ4v) is 3.11. The standard InChI is InChI=1S/C20H24N2O4/c1-14-10-13-25-18(14)19(23)21-16-8-11-22(12-9-16)20(24)15(2)26-17-6-4-3-5-7-17/h3-7,10,13,15-16H,8-9,11-12H2,1-2H3,(H,21,23). The monoisotopic (exact) mass is 356 g/mol. The molecule has 0 aliphatic carbocycles. The van der Waals surface area contributed by atoms with Gasteiger partial charge in [0.15, 0.2) is 11.9 Å². The molecule has 1 saturated heterocycles. The summed E-state index contributed by atoms with van der Waals surface area (Å²) in [5, 5.41) is 2.99. The summed E-state index contributed by atoms with van der Waals surface area (Å²) in [7, 11) is 0. The highest BCUT2D eigenvalue weighted by molar-refractivity contribution is 5.93. The molecule has 138 valence electrons. The number of amides is 2. The molecule has 2 amide bonds.